The van der Waals surface area contributed by atoms with E-state index in [1.54, 1.807) is 0 Å². The van der Waals surface area contributed by atoms with Gasteiger partial charge in [0, 0.05) is 31.8 Å². The Hall–Kier alpha value is -1.88. The third-order valence-corrected chi connectivity index (χ3v) is 4.03. The van der Waals surface area contributed by atoms with Crippen molar-refractivity contribution in [1.82, 2.24) is 15.5 Å². The maximum Gasteiger partial charge on any atom is 0.227 e. The molecule has 0 unspecified atom stereocenters. The normalized spacial score (nSPS) is 16.1. The number of nitrogens with zero attached hydrogens (tertiary/aromatic N) is 3. The van der Waals surface area contributed by atoms with Crippen molar-refractivity contribution in [2.75, 3.05) is 32.1 Å². The molecule has 0 bridgehead atoms. The van der Waals surface area contributed by atoms with Crippen molar-refractivity contribution < 1.29 is 4.52 Å². The Morgan fingerprint density at radius 2 is 1.90 bits per heavy atom. The maximum atomic E-state index is 5.41. The second-order valence-corrected chi connectivity index (χ2v) is 5.85. The molecule has 1 aliphatic rings. The Morgan fingerprint density at radius 1 is 1.19 bits per heavy atom. The van der Waals surface area contributed by atoms with Crippen LogP contribution in [0.25, 0.3) is 11.4 Å². The molecule has 0 aliphatic carbocycles. The van der Waals surface area contributed by atoms with Crippen LogP contribution in [0.4, 0.5) is 5.69 Å². The molecule has 21 heavy (non-hydrogen) atoms. The van der Waals surface area contributed by atoms with E-state index in [-0.39, 0.29) is 0 Å². The quantitative estimate of drug-likeness (QED) is 0.935. The summed E-state index contributed by atoms with van der Waals surface area (Å²) in [5.41, 5.74) is 2.16. The molecule has 1 aromatic carbocycles. The molecule has 112 valence electrons. The van der Waals surface area contributed by atoms with Crippen molar-refractivity contribution in [2.45, 2.75) is 19.3 Å². The lowest BCUT2D eigenvalue weighted by atomic mass is 9.95. The fraction of sp³-hybridized carbons (Fsp3) is 0.500. The van der Waals surface area contributed by atoms with Gasteiger partial charge in [-0.05, 0) is 56.1 Å². The first-order chi connectivity index (χ1) is 10.2. The highest BCUT2D eigenvalue weighted by molar-refractivity contribution is 5.59. The first kappa shape index (κ1) is 14.1. The number of rotatable bonds is 4. The monoisotopic (exact) mass is 286 g/mol. The largest absolute Gasteiger partial charge is 0.378 e. The van der Waals surface area contributed by atoms with E-state index in [9.17, 15) is 0 Å². The van der Waals surface area contributed by atoms with Crippen LogP contribution in [0.1, 0.15) is 18.7 Å². The van der Waals surface area contributed by atoms with Gasteiger partial charge in [0.1, 0.15) is 0 Å². The van der Waals surface area contributed by atoms with Crippen molar-refractivity contribution in [3.05, 3.63) is 30.2 Å². The minimum atomic E-state index is 0.663. The number of nitrogens with one attached hydrogen (secondary N) is 1. The molecule has 2 heterocycles. The fourth-order valence-electron chi connectivity index (χ4n) is 2.70. The lowest BCUT2D eigenvalue weighted by Crippen LogP contribution is -2.28. The third-order valence-electron chi connectivity index (χ3n) is 4.03. The van der Waals surface area contributed by atoms with Gasteiger partial charge in [0.15, 0.2) is 0 Å². The molecule has 5 heteroatoms. The zero-order valence-corrected chi connectivity index (χ0v) is 12.7. The first-order valence-corrected chi connectivity index (χ1v) is 7.53. The van der Waals surface area contributed by atoms with Crippen LogP contribution in [-0.4, -0.2) is 37.3 Å². The Morgan fingerprint density at radius 3 is 2.57 bits per heavy atom. The van der Waals surface area contributed by atoms with Crippen LogP contribution >= 0.6 is 0 Å². The van der Waals surface area contributed by atoms with Gasteiger partial charge in [-0.1, -0.05) is 5.16 Å². The van der Waals surface area contributed by atoms with Gasteiger partial charge in [0.25, 0.3) is 0 Å². The predicted molar refractivity (Wildman–Crippen MR) is 83.4 cm³/mol. The fourth-order valence-corrected chi connectivity index (χ4v) is 2.70. The minimum Gasteiger partial charge on any atom is -0.378 e. The predicted octanol–water partition coefficient (Wildman–Crippen LogP) is 2.34. The van der Waals surface area contributed by atoms with Crippen molar-refractivity contribution in [3.63, 3.8) is 0 Å². The number of piperidine rings is 1. The molecular weight excluding hydrogens is 264 g/mol. The van der Waals surface area contributed by atoms with Gasteiger partial charge >= 0.3 is 0 Å². The van der Waals surface area contributed by atoms with E-state index < -0.39 is 0 Å². The topological polar surface area (TPSA) is 54.2 Å². The van der Waals surface area contributed by atoms with Crippen LogP contribution in [0.2, 0.25) is 0 Å². The van der Waals surface area contributed by atoms with Gasteiger partial charge in [-0.25, -0.2) is 0 Å². The maximum absolute atomic E-state index is 5.41. The van der Waals surface area contributed by atoms with E-state index in [4.69, 9.17) is 4.52 Å². The van der Waals surface area contributed by atoms with Crippen LogP contribution in [0.15, 0.2) is 28.8 Å². The van der Waals surface area contributed by atoms with E-state index in [0.717, 1.165) is 36.7 Å². The van der Waals surface area contributed by atoms with E-state index in [1.165, 1.54) is 12.8 Å². The summed E-state index contributed by atoms with van der Waals surface area (Å²) < 4.78 is 5.41. The molecule has 0 saturated carbocycles. The summed E-state index contributed by atoms with van der Waals surface area (Å²) in [6.45, 7) is 2.19. The van der Waals surface area contributed by atoms with Gasteiger partial charge in [0.05, 0.1) is 0 Å². The molecule has 0 spiro atoms. The average molecular weight is 286 g/mol. The lowest BCUT2D eigenvalue weighted by molar-refractivity contribution is 0.313. The highest BCUT2D eigenvalue weighted by atomic mass is 16.5. The number of benzene rings is 1. The van der Waals surface area contributed by atoms with Gasteiger partial charge in [-0.2, -0.15) is 4.98 Å². The number of hydrogen-bond acceptors (Lipinski definition) is 5. The van der Waals surface area contributed by atoms with Gasteiger partial charge in [-0.15, -0.1) is 0 Å². The molecule has 0 radical (unpaired) electrons. The Labute approximate surface area is 125 Å². The van der Waals surface area contributed by atoms with E-state index in [0.29, 0.717) is 11.7 Å². The highest BCUT2D eigenvalue weighted by Crippen LogP contribution is 2.22. The van der Waals surface area contributed by atoms with Crippen LogP contribution in [0, 0.1) is 5.92 Å². The smallest absolute Gasteiger partial charge is 0.227 e. The molecule has 1 aromatic heterocycles. The second kappa shape index (κ2) is 6.26. The van der Waals surface area contributed by atoms with Crippen LogP contribution in [0.3, 0.4) is 0 Å². The number of aromatic nitrogens is 2. The first-order valence-electron chi connectivity index (χ1n) is 7.53. The zero-order valence-electron chi connectivity index (χ0n) is 12.7. The van der Waals surface area contributed by atoms with Crippen molar-refractivity contribution in [3.8, 4) is 11.4 Å². The Balaban J connectivity index is 1.69. The average Bonchev–Trinajstić information content (AvgIpc) is 2.97. The van der Waals surface area contributed by atoms with Crippen LogP contribution in [-0.2, 0) is 6.42 Å². The summed E-state index contributed by atoms with van der Waals surface area (Å²) in [5.74, 6) is 2.11. The molecule has 1 N–H and O–H groups in total. The van der Waals surface area contributed by atoms with Crippen LogP contribution < -0.4 is 10.2 Å². The Kier molecular flexibility index (Phi) is 4.20. The molecule has 3 rings (SSSR count). The number of anilines is 1. The zero-order chi connectivity index (χ0) is 14.7. The third kappa shape index (κ3) is 3.42. The summed E-state index contributed by atoms with van der Waals surface area (Å²) in [7, 11) is 4.06. The van der Waals surface area contributed by atoms with E-state index in [1.807, 2.05) is 26.2 Å². The molecule has 0 amide bonds. The highest BCUT2D eigenvalue weighted by Gasteiger charge is 2.17. The molecule has 1 saturated heterocycles. The molecule has 1 fully saturated rings. The van der Waals surface area contributed by atoms with Gasteiger partial charge in [-0.3, -0.25) is 0 Å². The SMILES string of the molecule is CN(C)c1ccc(-c2noc(CC3CCNCC3)n2)cc1. The van der Waals surface area contributed by atoms with Gasteiger partial charge in [0.2, 0.25) is 11.7 Å². The van der Waals surface area contributed by atoms with Crippen molar-refractivity contribution in [1.29, 1.82) is 0 Å². The summed E-state index contributed by atoms with van der Waals surface area (Å²) in [5, 5.41) is 7.49. The minimum absolute atomic E-state index is 0.663. The second-order valence-electron chi connectivity index (χ2n) is 5.85. The summed E-state index contributed by atoms with van der Waals surface area (Å²) >= 11 is 0. The number of hydrogen-bond donors (Lipinski definition) is 1. The molecule has 2 aromatic rings. The molecule has 0 atom stereocenters. The van der Waals surface area contributed by atoms with Crippen molar-refractivity contribution in [2.24, 2.45) is 5.92 Å². The van der Waals surface area contributed by atoms with Crippen molar-refractivity contribution >= 4 is 5.69 Å². The van der Waals surface area contributed by atoms with E-state index >= 15 is 0 Å². The summed E-state index contributed by atoms with van der Waals surface area (Å²) in [6, 6.07) is 8.21. The summed E-state index contributed by atoms with van der Waals surface area (Å²) in [6.07, 6.45) is 3.27. The lowest BCUT2D eigenvalue weighted by Gasteiger charge is -2.20. The van der Waals surface area contributed by atoms with E-state index in [2.05, 4.69) is 32.5 Å². The standard InChI is InChI=1S/C16H22N4O/c1-20(2)14-5-3-13(4-6-14)16-18-15(21-19-16)11-12-7-9-17-10-8-12/h3-6,12,17H,7-11H2,1-2H3. The molecule has 1 aliphatic heterocycles. The summed E-state index contributed by atoms with van der Waals surface area (Å²) in [4.78, 5) is 6.61. The van der Waals surface area contributed by atoms with Gasteiger partial charge < -0.3 is 14.7 Å². The Bertz CT molecular complexity index is 570. The molecule has 5 nitrogen and oxygen atoms in total. The molecular formula is C16H22N4O. The van der Waals surface area contributed by atoms with Crippen LogP contribution in [0.5, 0.6) is 0 Å².